The molecule has 0 atom stereocenters. The molecule has 0 aliphatic heterocycles. The van der Waals surface area contributed by atoms with Crippen LogP contribution in [0.2, 0.25) is 0 Å². The van der Waals surface area contributed by atoms with Crippen molar-refractivity contribution in [2.24, 2.45) is 0 Å². The molecule has 0 unspecified atom stereocenters. The lowest BCUT2D eigenvalue weighted by molar-refractivity contribution is 0.707. The minimum Gasteiger partial charge on any atom is -0.369 e. The van der Waals surface area contributed by atoms with E-state index in [-0.39, 0.29) is 11.5 Å². The highest BCUT2D eigenvalue weighted by molar-refractivity contribution is 5.90. The molecule has 118 valence electrons. The van der Waals surface area contributed by atoms with Crippen LogP contribution in [-0.2, 0) is 6.54 Å². The summed E-state index contributed by atoms with van der Waals surface area (Å²) in [5, 5.41) is 5.09. The molecule has 24 heavy (non-hydrogen) atoms. The Balaban J connectivity index is 1.96. The number of rotatable bonds is 3. The number of aromatic amines is 1. The molecule has 0 saturated heterocycles. The summed E-state index contributed by atoms with van der Waals surface area (Å²) < 4.78 is 1.72. The van der Waals surface area contributed by atoms with Gasteiger partial charge in [-0.15, -0.1) is 0 Å². The van der Waals surface area contributed by atoms with Gasteiger partial charge in [-0.3, -0.25) is 9.78 Å². The van der Waals surface area contributed by atoms with Crippen LogP contribution in [0, 0.1) is 0 Å². The Bertz CT molecular complexity index is 1050. The normalized spacial score (nSPS) is 11.0. The summed E-state index contributed by atoms with van der Waals surface area (Å²) in [6, 6.07) is 19.5. The molecule has 0 fully saturated rings. The second-order valence-electron chi connectivity index (χ2n) is 5.51. The Hall–Kier alpha value is -3.41. The number of aromatic nitrogens is 4. The van der Waals surface area contributed by atoms with E-state index in [9.17, 15) is 4.79 Å². The van der Waals surface area contributed by atoms with Gasteiger partial charge >= 0.3 is 0 Å². The third-order valence-corrected chi connectivity index (χ3v) is 3.84. The van der Waals surface area contributed by atoms with Crippen molar-refractivity contribution in [3.05, 3.63) is 76.6 Å². The molecule has 4 rings (SSSR count). The average Bonchev–Trinajstić information content (AvgIpc) is 2.95. The molecule has 3 N–H and O–H groups in total. The Labute approximate surface area is 137 Å². The number of nitrogens with two attached hydrogens (primary N) is 1. The van der Waals surface area contributed by atoms with Gasteiger partial charge in [0.25, 0.3) is 5.56 Å². The molecular weight excluding hydrogens is 302 g/mol. The molecule has 0 saturated carbocycles. The van der Waals surface area contributed by atoms with Crippen LogP contribution in [0.5, 0.6) is 0 Å². The first-order chi connectivity index (χ1) is 11.7. The molecule has 6 heteroatoms. The fraction of sp³-hybridized carbons (Fsp3) is 0.0556. The largest absolute Gasteiger partial charge is 0.369 e. The predicted molar refractivity (Wildman–Crippen MR) is 93.5 cm³/mol. The number of fused-ring (bicyclic) bond motifs is 1. The average molecular weight is 317 g/mol. The van der Waals surface area contributed by atoms with E-state index in [2.05, 4.69) is 15.1 Å². The molecule has 0 radical (unpaired) electrons. The summed E-state index contributed by atoms with van der Waals surface area (Å²) in [4.78, 5) is 19.3. The number of nitrogens with one attached hydrogen (secondary N) is 1. The van der Waals surface area contributed by atoms with Gasteiger partial charge in [-0.2, -0.15) is 10.1 Å². The van der Waals surface area contributed by atoms with Crippen LogP contribution in [0.1, 0.15) is 5.56 Å². The van der Waals surface area contributed by atoms with Crippen molar-refractivity contribution in [2.45, 2.75) is 6.54 Å². The first kappa shape index (κ1) is 14.2. The highest BCUT2D eigenvalue weighted by Gasteiger charge is 2.17. The smallest absolute Gasteiger partial charge is 0.264 e. The van der Waals surface area contributed by atoms with E-state index >= 15 is 0 Å². The van der Waals surface area contributed by atoms with Crippen molar-refractivity contribution in [1.82, 2.24) is 19.7 Å². The molecule has 6 nitrogen and oxygen atoms in total. The van der Waals surface area contributed by atoms with Gasteiger partial charge in [0.2, 0.25) is 5.95 Å². The Morgan fingerprint density at radius 1 is 1.00 bits per heavy atom. The summed E-state index contributed by atoms with van der Waals surface area (Å²) >= 11 is 0. The van der Waals surface area contributed by atoms with Gasteiger partial charge in [-0.25, -0.2) is 4.68 Å². The zero-order valence-electron chi connectivity index (χ0n) is 12.8. The maximum Gasteiger partial charge on any atom is 0.264 e. The van der Waals surface area contributed by atoms with Gasteiger partial charge in [-0.1, -0.05) is 60.7 Å². The monoisotopic (exact) mass is 317 g/mol. The number of nitrogen functional groups attached to an aromatic ring is 1. The highest BCUT2D eigenvalue weighted by atomic mass is 16.1. The summed E-state index contributed by atoms with van der Waals surface area (Å²) in [5.74, 6) is 0.0846. The van der Waals surface area contributed by atoms with Gasteiger partial charge in [0, 0.05) is 5.56 Å². The zero-order chi connectivity index (χ0) is 16.5. The fourth-order valence-corrected chi connectivity index (χ4v) is 2.76. The van der Waals surface area contributed by atoms with E-state index in [1.165, 1.54) is 0 Å². The number of H-pyrrole nitrogens is 1. The van der Waals surface area contributed by atoms with Crippen LogP contribution in [-0.4, -0.2) is 19.7 Å². The van der Waals surface area contributed by atoms with Gasteiger partial charge < -0.3 is 5.73 Å². The van der Waals surface area contributed by atoms with Crippen LogP contribution < -0.4 is 11.3 Å². The minimum absolute atomic E-state index is 0.0846. The summed E-state index contributed by atoms with van der Waals surface area (Å²) in [7, 11) is 0. The van der Waals surface area contributed by atoms with E-state index in [0.29, 0.717) is 23.3 Å². The maximum atomic E-state index is 12.4. The minimum atomic E-state index is -0.282. The third kappa shape index (κ3) is 2.44. The van der Waals surface area contributed by atoms with Crippen molar-refractivity contribution < 1.29 is 0 Å². The van der Waals surface area contributed by atoms with Crippen molar-refractivity contribution in [2.75, 3.05) is 5.73 Å². The lowest BCUT2D eigenvalue weighted by atomic mass is 10.1. The number of benzene rings is 2. The van der Waals surface area contributed by atoms with Gasteiger partial charge in [0.05, 0.1) is 6.54 Å². The fourth-order valence-electron chi connectivity index (χ4n) is 2.76. The summed E-state index contributed by atoms with van der Waals surface area (Å²) in [6.45, 7) is 0.514. The molecule has 2 heterocycles. The predicted octanol–water partition coefficient (Wildman–Crippen LogP) is 2.42. The molecule has 2 aromatic carbocycles. The standard InChI is InChI=1S/C18H15N5O/c19-18-20-16-14(17(24)21-18)15(13-9-5-2-6-10-13)22-23(16)11-12-7-3-1-4-8-12/h1-10H,11H2,(H3,19,20,21,24). The second kappa shape index (κ2) is 5.66. The van der Waals surface area contributed by atoms with Crippen LogP contribution in [0.4, 0.5) is 5.95 Å². The molecule has 0 aliphatic carbocycles. The molecule has 0 bridgehead atoms. The van der Waals surface area contributed by atoms with Crippen molar-refractivity contribution >= 4 is 17.0 Å². The van der Waals surface area contributed by atoms with E-state index < -0.39 is 0 Å². The quantitative estimate of drug-likeness (QED) is 0.607. The van der Waals surface area contributed by atoms with Crippen molar-refractivity contribution in [3.8, 4) is 11.3 Å². The van der Waals surface area contributed by atoms with E-state index in [0.717, 1.165) is 11.1 Å². The van der Waals surface area contributed by atoms with Gasteiger partial charge in [0.1, 0.15) is 11.1 Å². The Morgan fingerprint density at radius 3 is 2.38 bits per heavy atom. The highest BCUT2D eigenvalue weighted by Crippen LogP contribution is 2.25. The van der Waals surface area contributed by atoms with E-state index in [1.807, 2.05) is 60.7 Å². The SMILES string of the molecule is Nc1nc2c(c(-c3ccccc3)nn2Cc2ccccc2)c(=O)[nH]1. The first-order valence-electron chi connectivity index (χ1n) is 7.58. The number of nitrogens with zero attached hydrogens (tertiary/aromatic N) is 3. The Kier molecular flexibility index (Phi) is 3.35. The molecule has 2 aromatic heterocycles. The molecule has 0 aliphatic rings. The second-order valence-corrected chi connectivity index (χ2v) is 5.51. The topological polar surface area (TPSA) is 89.6 Å². The zero-order valence-corrected chi connectivity index (χ0v) is 12.8. The lowest BCUT2D eigenvalue weighted by Crippen LogP contribution is -2.12. The van der Waals surface area contributed by atoms with Crippen LogP contribution in [0.25, 0.3) is 22.3 Å². The summed E-state index contributed by atoms with van der Waals surface area (Å²) in [6.07, 6.45) is 0. The Morgan fingerprint density at radius 2 is 1.67 bits per heavy atom. The lowest BCUT2D eigenvalue weighted by Gasteiger charge is -2.03. The maximum absolute atomic E-state index is 12.4. The first-order valence-corrected chi connectivity index (χ1v) is 7.58. The van der Waals surface area contributed by atoms with E-state index in [4.69, 9.17) is 5.73 Å². The molecule has 0 spiro atoms. The number of anilines is 1. The summed E-state index contributed by atoms with van der Waals surface area (Å²) in [5.41, 5.74) is 8.48. The molecular formula is C18H15N5O. The van der Waals surface area contributed by atoms with Crippen LogP contribution in [0.3, 0.4) is 0 Å². The van der Waals surface area contributed by atoms with Crippen LogP contribution >= 0.6 is 0 Å². The molecule has 0 amide bonds. The van der Waals surface area contributed by atoms with Crippen LogP contribution in [0.15, 0.2) is 65.5 Å². The van der Waals surface area contributed by atoms with Gasteiger partial charge in [-0.05, 0) is 5.56 Å². The third-order valence-electron chi connectivity index (χ3n) is 3.84. The number of hydrogen-bond donors (Lipinski definition) is 2. The molecule has 4 aromatic rings. The van der Waals surface area contributed by atoms with Gasteiger partial charge in [0.15, 0.2) is 5.65 Å². The van der Waals surface area contributed by atoms with E-state index in [1.54, 1.807) is 4.68 Å². The van der Waals surface area contributed by atoms with Crippen molar-refractivity contribution in [3.63, 3.8) is 0 Å². The number of hydrogen-bond acceptors (Lipinski definition) is 4. The van der Waals surface area contributed by atoms with Crippen molar-refractivity contribution in [1.29, 1.82) is 0 Å².